The van der Waals surface area contributed by atoms with Crippen LogP contribution in [0, 0.1) is 0 Å². The lowest BCUT2D eigenvalue weighted by molar-refractivity contribution is -0.132. The fourth-order valence-electron chi connectivity index (χ4n) is 3.61. The van der Waals surface area contributed by atoms with Crippen molar-refractivity contribution in [3.63, 3.8) is 0 Å². The van der Waals surface area contributed by atoms with Gasteiger partial charge in [0, 0.05) is 25.9 Å². The molecule has 1 atom stereocenters. The average Bonchev–Trinajstić information content (AvgIpc) is 2.90. The number of likely N-dealkylation sites (tertiary alicyclic amines) is 1. The molecule has 0 bridgehead atoms. The van der Waals surface area contributed by atoms with Crippen LogP contribution in [0.5, 0.6) is 5.75 Å². The van der Waals surface area contributed by atoms with E-state index in [4.69, 9.17) is 9.47 Å². The van der Waals surface area contributed by atoms with E-state index in [9.17, 15) is 9.59 Å². The molecule has 0 saturated carbocycles. The number of carbonyl (C=O) groups is 1. The molecule has 0 aliphatic carbocycles. The van der Waals surface area contributed by atoms with Crippen molar-refractivity contribution in [3.8, 4) is 5.75 Å². The summed E-state index contributed by atoms with van der Waals surface area (Å²) in [5, 5.41) is 0. The van der Waals surface area contributed by atoms with Gasteiger partial charge in [-0.05, 0) is 44.2 Å². The molecule has 2 fully saturated rings. The van der Waals surface area contributed by atoms with Crippen LogP contribution in [0.25, 0.3) is 0 Å². The first-order chi connectivity index (χ1) is 11.1. The van der Waals surface area contributed by atoms with Crippen LogP contribution in [0.4, 0.5) is 0 Å². The lowest BCUT2D eigenvalue weighted by atomic mass is 9.92. The van der Waals surface area contributed by atoms with Gasteiger partial charge in [0.2, 0.25) is 5.91 Å². The number of hydrogen-bond donors (Lipinski definition) is 0. The van der Waals surface area contributed by atoms with E-state index in [1.807, 2.05) is 4.90 Å². The maximum absolute atomic E-state index is 12.6. The minimum atomic E-state index is -0.270. The number of ether oxygens (including phenoxy) is 2. The lowest BCUT2D eigenvalue weighted by Gasteiger charge is -2.27. The second-order valence-corrected chi connectivity index (χ2v) is 6.38. The molecule has 1 spiro atoms. The quantitative estimate of drug-likeness (QED) is 0.845. The minimum absolute atomic E-state index is 0.0121. The Hall–Kier alpha value is -1.82. The molecule has 1 aromatic rings. The van der Waals surface area contributed by atoms with Crippen molar-refractivity contribution >= 4 is 5.91 Å². The van der Waals surface area contributed by atoms with Crippen LogP contribution in [0.15, 0.2) is 23.1 Å². The van der Waals surface area contributed by atoms with E-state index in [0.717, 1.165) is 45.3 Å². The van der Waals surface area contributed by atoms with Crippen molar-refractivity contribution in [1.29, 1.82) is 0 Å². The zero-order valence-electron chi connectivity index (χ0n) is 13.6. The van der Waals surface area contributed by atoms with Gasteiger partial charge < -0.3 is 18.9 Å². The Morgan fingerprint density at radius 2 is 2.13 bits per heavy atom. The van der Waals surface area contributed by atoms with Gasteiger partial charge in [0.25, 0.3) is 5.56 Å². The molecule has 1 amide bonds. The number of carbonyl (C=O) groups excluding carboxylic acids is 1. The average molecular weight is 320 g/mol. The maximum atomic E-state index is 12.6. The Labute approximate surface area is 136 Å². The minimum Gasteiger partial charge on any atom is -0.491 e. The van der Waals surface area contributed by atoms with E-state index >= 15 is 0 Å². The van der Waals surface area contributed by atoms with Gasteiger partial charge in [-0.3, -0.25) is 9.59 Å². The third kappa shape index (κ3) is 3.42. The molecule has 2 saturated heterocycles. The zero-order valence-corrected chi connectivity index (χ0v) is 13.6. The van der Waals surface area contributed by atoms with Crippen molar-refractivity contribution < 1.29 is 14.3 Å². The number of rotatable bonds is 3. The molecule has 6 heteroatoms. The molecule has 3 heterocycles. The molecule has 23 heavy (non-hydrogen) atoms. The van der Waals surface area contributed by atoms with Crippen LogP contribution < -0.4 is 10.3 Å². The smallest absolute Gasteiger partial charge is 0.293 e. The van der Waals surface area contributed by atoms with Gasteiger partial charge in [0.15, 0.2) is 5.75 Å². The third-order valence-electron chi connectivity index (χ3n) is 4.95. The predicted molar refractivity (Wildman–Crippen MR) is 85.6 cm³/mol. The molecule has 126 valence electrons. The Kier molecular flexibility index (Phi) is 4.71. The molecule has 2 aliphatic rings. The van der Waals surface area contributed by atoms with Gasteiger partial charge in [-0.1, -0.05) is 0 Å². The second kappa shape index (κ2) is 6.74. The van der Waals surface area contributed by atoms with Crippen LogP contribution in [0.2, 0.25) is 0 Å². The van der Waals surface area contributed by atoms with Crippen molar-refractivity contribution in [3.05, 3.63) is 28.7 Å². The first kappa shape index (κ1) is 16.1. The fraction of sp³-hybridized carbons (Fsp3) is 0.647. The summed E-state index contributed by atoms with van der Waals surface area (Å²) in [5.41, 5.74) is -0.282. The zero-order chi connectivity index (χ0) is 16.3. The summed E-state index contributed by atoms with van der Waals surface area (Å²) >= 11 is 0. The fourth-order valence-corrected chi connectivity index (χ4v) is 3.61. The molecule has 3 rings (SSSR count). The summed E-state index contributed by atoms with van der Waals surface area (Å²) in [5.74, 6) is 0.241. The van der Waals surface area contributed by atoms with Gasteiger partial charge >= 0.3 is 0 Å². The largest absolute Gasteiger partial charge is 0.491 e. The number of methoxy groups -OCH3 is 1. The molecule has 6 nitrogen and oxygen atoms in total. The highest BCUT2D eigenvalue weighted by molar-refractivity contribution is 5.76. The van der Waals surface area contributed by atoms with Crippen molar-refractivity contribution in [2.45, 2.75) is 44.2 Å². The van der Waals surface area contributed by atoms with Gasteiger partial charge in [-0.25, -0.2) is 0 Å². The van der Waals surface area contributed by atoms with Gasteiger partial charge in [0.05, 0.1) is 12.7 Å². The molecule has 0 aromatic carbocycles. The molecular formula is C17H24N2O4. The number of hydrogen-bond acceptors (Lipinski definition) is 4. The SMILES string of the molecule is COc1cccn(CC(=O)N2CCC[C@]3(CCCO3)CC2)c1=O. The first-order valence-electron chi connectivity index (χ1n) is 8.29. The Balaban J connectivity index is 1.66. The monoisotopic (exact) mass is 320 g/mol. The normalized spacial score (nSPS) is 24.7. The van der Waals surface area contributed by atoms with Crippen molar-refractivity contribution in [2.24, 2.45) is 0 Å². The topological polar surface area (TPSA) is 60.8 Å². The van der Waals surface area contributed by atoms with Gasteiger partial charge in [-0.2, -0.15) is 0 Å². The van der Waals surface area contributed by atoms with Gasteiger partial charge in [0.1, 0.15) is 6.54 Å². The van der Waals surface area contributed by atoms with Gasteiger partial charge in [-0.15, -0.1) is 0 Å². The first-order valence-corrected chi connectivity index (χ1v) is 8.29. The number of pyridine rings is 1. The summed E-state index contributed by atoms with van der Waals surface area (Å²) in [6, 6.07) is 3.33. The third-order valence-corrected chi connectivity index (χ3v) is 4.95. The standard InChI is InChI=1S/C17H24N2O4/c1-22-14-5-2-9-19(16(14)21)13-15(20)18-10-3-6-17(8-11-18)7-4-12-23-17/h2,5,9H,3-4,6-8,10-13H2,1H3/t17-/m0/s1. The number of amides is 1. The molecule has 0 radical (unpaired) electrons. The van der Waals surface area contributed by atoms with Crippen LogP contribution in [-0.2, 0) is 16.1 Å². The van der Waals surface area contributed by atoms with Crippen LogP contribution >= 0.6 is 0 Å². The van der Waals surface area contributed by atoms with E-state index in [-0.39, 0.29) is 29.4 Å². The van der Waals surface area contributed by atoms with E-state index in [2.05, 4.69) is 0 Å². The Morgan fingerprint density at radius 1 is 1.30 bits per heavy atom. The summed E-state index contributed by atoms with van der Waals surface area (Å²) in [7, 11) is 1.46. The molecule has 1 aromatic heterocycles. The summed E-state index contributed by atoms with van der Waals surface area (Å²) in [6.07, 6.45) is 6.72. The van der Waals surface area contributed by atoms with Crippen LogP contribution in [0.1, 0.15) is 32.1 Å². The van der Waals surface area contributed by atoms with Crippen LogP contribution in [0.3, 0.4) is 0 Å². The highest BCUT2D eigenvalue weighted by Crippen LogP contribution is 2.35. The van der Waals surface area contributed by atoms with E-state index in [0.29, 0.717) is 6.54 Å². The van der Waals surface area contributed by atoms with E-state index in [1.54, 1.807) is 18.3 Å². The summed E-state index contributed by atoms with van der Waals surface area (Å²) in [4.78, 5) is 26.6. The van der Waals surface area contributed by atoms with Crippen molar-refractivity contribution in [1.82, 2.24) is 9.47 Å². The molecule has 0 unspecified atom stereocenters. The second-order valence-electron chi connectivity index (χ2n) is 6.38. The molecular weight excluding hydrogens is 296 g/mol. The Morgan fingerprint density at radius 3 is 2.87 bits per heavy atom. The summed E-state index contributed by atoms with van der Waals surface area (Å²) < 4.78 is 12.4. The van der Waals surface area contributed by atoms with Crippen LogP contribution in [-0.4, -0.2) is 47.8 Å². The highest BCUT2D eigenvalue weighted by atomic mass is 16.5. The van der Waals surface area contributed by atoms with Crippen molar-refractivity contribution in [2.75, 3.05) is 26.8 Å². The van der Waals surface area contributed by atoms with E-state index < -0.39 is 0 Å². The van der Waals surface area contributed by atoms with E-state index in [1.165, 1.54) is 11.7 Å². The highest BCUT2D eigenvalue weighted by Gasteiger charge is 2.37. The predicted octanol–water partition coefficient (Wildman–Crippen LogP) is 1.42. The number of nitrogens with zero attached hydrogens (tertiary/aromatic N) is 2. The molecule has 2 aliphatic heterocycles. The molecule has 0 N–H and O–H groups in total. The maximum Gasteiger partial charge on any atom is 0.293 e. The lowest BCUT2D eigenvalue weighted by Crippen LogP contribution is -2.38. The Bertz CT molecular complexity index is 619. The summed E-state index contributed by atoms with van der Waals surface area (Å²) in [6.45, 7) is 2.34. The number of aromatic nitrogens is 1.